The number of esters is 1. The van der Waals surface area contributed by atoms with Crippen LogP contribution < -0.4 is 10.6 Å². The number of carbonyl (C=O) groups excluding carboxylic acids is 3. The van der Waals surface area contributed by atoms with Crippen LogP contribution in [-0.2, 0) is 38.7 Å². The zero-order valence-corrected chi connectivity index (χ0v) is 19.5. The fraction of sp³-hybridized carbons (Fsp3) is 0.222. The van der Waals surface area contributed by atoms with Gasteiger partial charge in [-0.25, -0.2) is 9.59 Å². The van der Waals surface area contributed by atoms with Crippen LogP contribution in [0.2, 0.25) is 0 Å². The van der Waals surface area contributed by atoms with Crippen LogP contribution in [0.3, 0.4) is 0 Å². The van der Waals surface area contributed by atoms with Crippen LogP contribution in [0.15, 0.2) is 84.9 Å². The Morgan fingerprint density at radius 1 is 0.694 bits per heavy atom. The van der Waals surface area contributed by atoms with Crippen molar-refractivity contribution >= 4 is 18.0 Å². The third kappa shape index (κ3) is 8.44. The molecule has 9 nitrogen and oxygen atoms in total. The molecule has 0 saturated carbocycles. The van der Waals surface area contributed by atoms with E-state index in [0.29, 0.717) is 5.56 Å². The van der Waals surface area contributed by atoms with E-state index in [-0.39, 0.29) is 25.4 Å². The first-order valence-electron chi connectivity index (χ1n) is 11.3. The highest BCUT2D eigenvalue weighted by Gasteiger charge is 2.28. The lowest BCUT2D eigenvalue weighted by Crippen LogP contribution is -2.54. The second-order valence-electron chi connectivity index (χ2n) is 7.97. The van der Waals surface area contributed by atoms with Gasteiger partial charge in [0, 0.05) is 6.42 Å². The van der Waals surface area contributed by atoms with E-state index in [1.807, 2.05) is 24.3 Å². The average molecular weight is 493 g/mol. The minimum absolute atomic E-state index is 0.00904. The largest absolute Gasteiger partial charge is 0.508 e. The molecule has 4 N–H and O–H groups in total. The highest BCUT2D eigenvalue weighted by Crippen LogP contribution is 2.13. The van der Waals surface area contributed by atoms with Gasteiger partial charge >= 0.3 is 12.1 Å². The van der Waals surface area contributed by atoms with Gasteiger partial charge in [0.05, 0.1) is 6.61 Å². The maximum atomic E-state index is 12.9. The molecule has 0 spiro atoms. The van der Waals surface area contributed by atoms with Crippen LogP contribution in [0.1, 0.15) is 16.7 Å². The molecule has 0 heterocycles. The first kappa shape index (κ1) is 26.2. The molecule has 3 rings (SSSR count). The predicted octanol–water partition coefficient (Wildman–Crippen LogP) is 2.45. The standard InChI is InChI=1S/C27H28N2O7/c30-16-24(29-27(34)36-18-21-9-5-2-6-10-21)25(32)28-23(15-19-11-13-22(31)14-12-19)26(33)35-17-20-7-3-1-4-8-20/h1-14,23-24,30-31H,15-18H2,(H,28,32)(H,29,34)/t23-,24-/m1/s1. The number of hydrogen-bond donors (Lipinski definition) is 4. The number of phenolic OH excluding ortho intramolecular Hbond substituents is 1. The molecule has 0 aliphatic rings. The molecule has 2 amide bonds. The van der Waals surface area contributed by atoms with Gasteiger partial charge in [0.25, 0.3) is 0 Å². The fourth-order valence-electron chi connectivity index (χ4n) is 3.26. The van der Waals surface area contributed by atoms with Crippen molar-refractivity contribution in [3.63, 3.8) is 0 Å². The Balaban J connectivity index is 1.62. The normalized spacial score (nSPS) is 12.1. The molecule has 0 unspecified atom stereocenters. The van der Waals surface area contributed by atoms with Gasteiger partial charge in [-0.2, -0.15) is 0 Å². The van der Waals surface area contributed by atoms with Crippen molar-refractivity contribution in [2.75, 3.05) is 6.61 Å². The van der Waals surface area contributed by atoms with Crippen molar-refractivity contribution in [1.29, 1.82) is 0 Å². The zero-order valence-electron chi connectivity index (χ0n) is 19.5. The molecule has 3 aromatic rings. The summed E-state index contributed by atoms with van der Waals surface area (Å²) in [6.07, 6.45) is -0.828. The first-order valence-corrected chi connectivity index (χ1v) is 11.3. The first-order chi connectivity index (χ1) is 17.4. The van der Waals surface area contributed by atoms with Crippen molar-refractivity contribution in [3.8, 4) is 5.75 Å². The van der Waals surface area contributed by atoms with Gasteiger partial charge in [0.1, 0.15) is 31.0 Å². The SMILES string of the molecule is O=C(N[C@H](CO)C(=O)N[C@H](Cc1ccc(O)cc1)C(=O)OCc1ccccc1)OCc1ccccc1. The van der Waals surface area contributed by atoms with E-state index in [1.165, 1.54) is 12.1 Å². The molecule has 0 aliphatic carbocycles. The fourth-order valence-corrected chi connectivity index (χ4v) is 3.26. The number of aliphatic hydroxyl groups excluding tert-OH is 1. The summed E-state index contributed by atoms with van der Waals surface area (Å²) >= 11 is 0. The van der Waals surface area contributed by atoms with E-state index < -0.39 is 36.7 Å². The molecule has 0 bridgehead atoms. The molecule has 3 aromatic carbocycles. The quantitative estimate of drug-likeness (QED) is 0.302. The molecule has 0 saturated heterocycles. The number of aromatic hydroxyl groups is 1. The lowest BCUT2D eigenvalue weighted by Gasteiger charge is -2.22. The van der Waals surface area contributed by atoms with E-state index in [2.05, 4.69) is 10.6 Å². The van der Waals surface area contributed by atoms with Gasteiger partial charge in [-0.1, -0.05) is 72.8 Å². The predicted molar refractivity (Wildman–Crippen MR) is 131 cm³/mol. The maximum absolute atomic E-state index is 12.9. The second-order valence-corrected chi connectivity index (χ2v) is 7.97. The summed E-state index contributed by atoms with van der Waals surface area (Å²) in [5, 5.41) is 24.0. The summed E-state index contributed by atoms with van der Waals surface area (Å²) in [7, 11) is 0. The third-order valence-electron chi connectivity index (χ3n) is 5.20. The lowest BCUT2D eigenvalue weighted by atomic mass is 10.1. The van der Waals surface area contributed by atoms with Crippen molar-refractivity contribution in [1.82, 2.24) is 10.6 Å². The van der Waals surface area contributed by atoms with Crippen LogP contribution in [0.25, 0.3) is 0 Å². The van der Waals surface area contributed by atoms with Crippen molar-refractivity contribution in [3.05, 3.63) is 102 Å². The number of aliphatic hydroxyl groups is 1. The number of alkyl carbamates (subject to hydrolysis) is 1. The third-order valence-corrected chi connectivity index (χ3v) is 5.20. The van der Waals surface area contributed by atoms with Crippen LogP contribution in [0.4, 0.5) is 4.79 Å². The Morgan fingerprint density at radius 3 is 1.81 bits per heavy atom. The molecule has 0 aliphatic heterocycles. The van der Waals surface area contributed by atoms with Gasteiger partial charge < -0.3 is 30.3 Å². The molecular formula is C27H28N2O7. The van der Waals surface area contributed by atoms with Gasteiger partial charge in [-0.3, -0.25) is 4.79 Å². The zero-order chi connectivity index (χ0) is 25.8. The molecule has 0 aromatic heterocycles. The van der Waals surface area contributed by atoms with Crippen LogP contribution in [0.5, 0.6) is 5.75 Å². The summed E-state index contributed by atoms with van der Waals surface area (Å²) in [6, 6.07) is 21.7. The Hall–Kier alpha value is -4.37. The molecule has 36 heavy (non-hydrogen) atoms. The van der Waals surface area contributed by atoms with Gasteiger partial charge in [0.2, 0.25) is 5.91 Å². The van der Waals surface area contributed by atoms with E-state index in [9.17, 15) is 24.6 Å². The number of amides is 2. The number of rotatable bonds is 11. The van der Waals surface area contributed by atoms with Crippen LogP contribution >= 0.6 is 0 Å². The van der Waals surface area contributed by atoms with Crippen molar-refractivity contribution in [2.45, 2.75) is 31.7 Å². The molecule has 9 heteroatoms. The number of ether oxygens (including phenoxy) is 2. The molecule has 0 radical (unpaired) electrons. The van der Waals surface area contributed by atoms with Gasteiger partial charge in [-0.15, -0.1) is 0 Å². The average Bonchev–Trinajstić information content (AvgIpc) is 2.91. The molecule has 2 atom stereocenters. The van der Waals surface area contributed by atoms with Crippen LogP contribution in [0, 0.1) is 0 Å². The maximum Gasteiger partial charge on any atom is 0.408 e. The van der Waals surface area contributed by atoms with E-state index in [4.69, 9.17) is 9.47 Å². The highest BCUT2D eigenvalue weighted by atomic mass is 16.5. The van der Waals surface area contributed by atoms with Gasteiger partial charge in [-0.05, 0) is 28.8 Å². The highest BCUT2D eigenvalue weighted by molar-refractivity contribution is 5.89. The Bertz CT molecular complexity index is 1120. The summed E-state index contributed by atoms with van der Waals surface area (Å²) in [5.74, 6) is -1.41. The minimum atomic E-state index is -1.35. The summed E-state index contributed by atoms with van der Waals surface area (Å²) in [6.45, 7) is -0.714. The number of carbonyl (C=O) groups is 3. The van der Waals surface area contributed by atoms with E-state index >= 15 is 0 Å². The number of phenols is 1. The Kier molecular flexibility index (Phi) is 9.84. The van der Waals surface area contributed by atoms with Crippen LogP contribution in [-0.4, -0.2) is 46.9 Å². The number of nitrogens with one attached hydrogen (secondary N) is 2. The Labute approximate surface area is 208 Å². The molecule has 0 fully saturated rings. The Morgan fingerprint density at radius 2 is 1.25 bits per heavy atom. The smallest absolute Gasteiger partial charge is 0.408 e. The van der Waals surface area contributed by atoms with Crippen molar-refractivity contribution < 1.29 is 34.1 Å². The van der Waals surface area contributed by atoms with Crippen molar-refractivity contribution in [2.24, 2.45) is 0 Å². The number of hydrogen-bond acceptors (Lipinski definition) is 7. The monoisotopic (exact) mass is 492 g/mol. The topological polar surface area (TPSA) is 134 Å². The summed E-state index contributed by atoms with van der Waals surface area (Å²) in [5.41, 5.74) is 2.19. The lowest BCUT2D eigenvalue weighted by molar-refractivity contribution is -0.149. The van der Waals surface area contributed by atoms with E-state index in [1.54, 1.807) is 48.5 Å². The summed E-state index contributed by atoms with van der Waals surface area (Å²) < 4.78 is 10.5. The second kappa shape index (κ2) is 13.5. The molecular weight excluding hydrogens is 464 g/mol. The van der Waals surface area contributed by atoms with Gasteiger partial charge in [0.15, 0.2) is 0 Å². The molecule has 188 valence electrons. The van der Waals surface area contributed by atoms with E-state index in [0.717, 1.165) is 11.1 Å². The number of benzene rings is 3. The minimum Gasteiger partial charge on any atom is -0.508 e. The summed E-state index contributed by atoms with van der Waals surface area (Å²) in [4.78, 5) is 37.8.